The van der Waals surface area contributed by atoms with Gasteiger partial charge in [-0.25, -0.2) is 9.13 Å². The van der Waals surface area contributed by atoms with E-state index in [2.05, 4.69) is 13.6 Å². The minimum atomic E-state index is -5.34. The number of aliphatic hydroxyl groups excluding tert-OH is 1. The summed E-state index contributed by atoms with van der Waals surface area (Å²) < 4.78 is 120. The highest BCUT2D eigenvalue weighted by Crippen LogP contribution is 2.54. The largest absolute Gasteiger partial charge is 0.592 e. The van der Waals surface area contributed by atoms with E-state index in [1.165, 1.54) is 0 Å². The minimum Gasteiger partial charge on any atom is -0.455 e. The zero-order valence-corrected chi connectivity index (χ0v) is 55.4. The molecule has 12 unspecified atom stereocenters. The lowest BCUT2D eigenvalue weighted by molar-refractivity contribution is -0.255. The van der Waals surface area contributed by atoms with E-state index in [0.29, 0.717) is 0 Å². The number of carbonyl (C=O) groups excluding carboxylic acids is 17. The fourth-order valence-corrected chi connectivity index (χ4v) is 11.0. The smallest absolute Gasteiger partial charge is 0.455 e. The fourth-order valence-electron chi connectivity index (χ4n) is 9.20. The molecule has 3 fully saturated rings. The van der Waals surface area contributed by atoms with E-state index in [1.54, 1.807) is 0 Å². The molecule has 536 valence electrons. The molecule has 0 saturated heterocycles. The van der Waals surface area contributed by atoms with Crippen LogP contribution >= 0.6 is 15.6 Å². The zero-order valence-electron chi connectivity index (χ0n) is 53.6. The zero-order chi connectivity index (χ0) is 73.6. The topological polar surface area (TPSA) is 560 Å². The van der Waals surface area contributed by atoms with Crippen molar-refractivity contribution in [1.29, 1.82) is 0 Å². The average Bonchev–Trinajstić information content (AvgIpc) is 0.774. The Bertz CT molecular complexity index is 2830. The molecule has 3 aliphatic rings. The van der Waals surface area contributed by atoms with Crippen molar-refractivity contribution in [3.05, 3.63) is 0 Å². The summed E-state index contributed by atoms with van der Waals surface area (Å²) in [5.41, 5.74) is 0. The van der Waals surface area contributed by atoms with Gasteiger partial charge in [0.05, 0.1) is 0 Å². The van der Waals surface area contributed by atoms with Crippen LogP contribution in [0.3, 0.4) is 0 Å². The Hall–Kier alpha value is -8.75. The highest BCUT2D eigenvalue weighted by Gasteiger charge is 2.64. The molecule has 18 atom stereocenters. The Morgan fingerprint density at radius 2 is 0.337 bits per heavy atom. The van der Waals surface area contributed by atoms with Gasteiger partial charge in [0.1, 0.15) is 6.10 Å². The lowest BCUT2D eigenvalue weighted by atomic mass is 9.83. The van der Waals surface area contributed by atoms with Gasteiger partial charge in [-0.3, -0.25) is 90.6 Å². The molecule has 95 heavy (non-hydrogen) atoms. The molecule has 0 aliphatic heterocycles. The molecule has 0 amide bonds. The molecule has 43 heteroatoms. The molecule has 0 bridgehead atoms. The van der Waals surface area contributed by atoms with Gasteiger partial charge in [-0.05, 0) is 0 Å². The summed E-state index contributed by atoms with van der Waals surface area (Å²) in [5, 5.41) is 10.6. The van der Waals surface area contributed by atoms with Crippen LogP contribution < -0.4 is 0 Å². The third-order valence-corrected chi connectivity index (χ3v) is 13.4. The third kappa shape index (κ3) is 28.8. The quantitative estimate of drug-likeness (QED) is 0.0664. The van der Waals surface area contributed by atoms with Gasteiger partial charge in [0, 0.05) is 118 Å². The predicted molar refractivity (Wildman–Crippen MR) is 292 cm³/mol. The number of hydrogen-bond donors (Lipinski definition) is 3. The van der Waals surface area contributed by atoms with Gasteiger partial charge >= 0.3 is 117 Å². The number of rotatable bonds is 21. The van der Waals surface area contributed by atoms with E-state index in [4.69, 9.17) is 75.6 Å². The molecule has 0 radical (unpaired) electrons. The van der Waals surface area contributed by atoms with Crippen LogP contribution in [-0.2, 0) is 180 Å². The number of aliphatic hydroxyl groups is 1. The fraction of sp³-hybridized carbons (Fsp3) is 0.673. The number of carbonyl (C=O) groups is 17. The first kappa shape index (κ1) is 84.3. The van der Waals surface area contributed by atoms with Gasteiger partial charge in [0.15, 0.2) is 104 Å². The molecule has 41 nitrogen and oxygen atoms in total. The summed E-state index contributed by atoms with van der Waals surface area (Å²) in [6.45, 7) is 16.2. The van der Waals surface area contributed by atoms with Crippen molar-refractivity contribution in [2.45, 2.75) is 228 Å². The third-order valence-electron chi connectivity index (χ3n) is 11.4. The standard InChI is InChI=1S/C20H27O16P.C16H23O14P.C16H22O11/c1-8(21)29-15-16(30-9(2)22)18(32-11(4)24)20(19(33-12(5)25)17(15)31-10(3)23)36-37(28,34-13(6)26)35-14(7)27;1-6(17)25-11-12(26-7(2)18)14(28-9(4)20)16(30-31(22,23)24)15(29-10(5)21)13(11)27-8(3)19;1-6(17)23-12-11(22)13(24-7(2)18)15(26-9(4)20)16(27-10(5)21)14(12)25-8(3)19/h15-20H,1-7H3;11-16H,1-5H3,(H2,22,23,24);11-16,22H,1-5H3/t15?,16-,17?,18?,19+,20?;2*11?,12-,13?,14?,15+,16?/m111/s1. The lowest BCUT2D eigenvalue weighted by Crippen LogP contribution is -2.68. The van der Waals surface area contributed by atoms with Crippen LogP contribution in [-0.4, -0.2) is 226 Å². The second-order valence-corrected chi connectivity index (χ2v) is 22.5. The van der Waals surface area contributed by atoms with Crippen LogP contribution in [0.4, 0.5) is 0 Å². The first-order chi connectivity index (χ1) is 43.5. The number of esters is 15. The van der Waals surface area contributed by atoms with Crippen LogP contribution in [0.5, 0.6) is 0 Å². The Morgan fingerprint density at radius 3 is 0.474 bits per heavy atom. The number of phosphoric acid groups is 2. The highest BCUT2D eigenvalue weighted by atomic mass is 31.2. The van der Waals surface area contributed by atoms with E-state index in [9.17, 15) is 106 Å². The van der Waals surface area contributed by atoms with E-state index < -0.39 is 227 Å². The monoisotopic (exact) mass is 1410 g/mol. The van der Waals surface area contributed by atoms with E-state index in [1.807, 2.05) is 0 Å². The minimum absolute atomic E-state index is 0.799. The maximum atomic E-state index is 13.2. The molecule has 3 rings (SSSR count). The first-order valence-electron chi connectivity index (χ1n) is 27.2. The maximum Gasteiger partial charge on any atom is 0.592 e. The van der Waals surface area contributed by atoms with Gasteiger partial charge in [-0.1, -0.05) is 0 Å². The van der Waals surface area contributed by atoms with Crippen molar-refractivity contribution in [2.24, 2.45) is 0 Å². The van der Waals surface area contributed by atoms with Crippen LogP contribution in [0.15, 0.2) is 0 Å². The van der Waals surface area contributed by atoms with Crippen molar-refractivity contribution in [3.8, 4) is 0 Å². The maximum absolute atomic E-state index is 13.2. The Kier molecular flexibility index (Phi) is 33.1. The molecule has 0 aromatic rings. The molecular weight excluding hydrogens is 1340 g/mol. The van der Waals surface area contributed by atoms with Crippen molar-refractivity contribution in [3.63, 3.8) is 0 Å². The van der Waals surface area contributed by atoms with Crippen LogP contribution in [0.1, 0.15) is 118 Å². The normalized spacial score (nSPS) is 27.4. The Balaban J connectivity index is 0.000000722. The van der Waals surface area contributed by atoms with Gasteiger partial charge < -0.3 is 95.0 Å². The van der Waals surface area contributed by atoms with E-state index >= 15 is 0 Å². The molecule has 3 N–H and O–H groups in total. The average molecular weight is 1420 g/mol. The predicted octanol–water partition coefficient (Wildman–Crippen LogP) is -1.57. The van der Waals surface area contributed by atoms with Gasteiger partial charge in [-0.2, -0.15) is 0 Å². The molecule has 0 aromatic heterocycles. The second-order valence-electron chi connectivity index (χ2n) is 19.8. The van der Waals surface area contributed by atoms with Crippen molar-refractivity contribution in [2.75, 3.05) is 0 Å². The SMILES string of the molecule is CC(=O)OC1C(O)[C@@H](OC(C)=O)C(OC(C)=O)C(OC(C)=O)[C@H]1OC(C)=O.CC(=O)OC1C(OC(C)=O)[C@H](OC(C)=O)C(OP(=O)(O)O)C(OC(C)=O)[C@@H]1OC(C)=O.CC(=O)OC1C(OC(C)=O)[C@H](OC(C)=O)C(OP(=O)(OC(C)=O)OC(C)=O)C(OC(C)=O)[C@@H]1OC(C)=O. The summed E-state index contributed by atoms with van der Waals surface area (Å²) >= 11 is 0. The van der Waals surface area contributed by atoms with E-state index in [0.717, 1.165) is 118 Å². The number of phosphoric ester groups is 2. The highest BCUT2D eigenvalue weighted by molar-refractivity contribution is 7.49. The van der Waals surface area contributed by atoms with E-state index in [-0.39, 0.29) is 0 Å². The Labute approximate surface area is 538 Å². The van der Waals surface area contributed by atoms with Crippen LogP contribution in [0, 0.1) is 0 Å². The molecule has 0 heterocycles. The molecule has 0 aromatic carbocycles. The summed E-state index contributed by atoms with van der Waals surface area (Å²) in [6, 6.07) is 0. The summed E-state index contributed by atoms with van der Waals surface area (Å²) in [5.74, 6) is -16.6. The van der Waals surface area contributed by atoms with Crippen molar-refractivity contribution < 1.29 is 195 Å². The number of ether oxygens (including phenoxy) is 15. The summed E-state index contributed by atoms with van der Waals surface area (Å²) in [4.78, 5) is 217. The second kappa shape index (κ2) is 37.4. The molecular formula is C52H72O41P2. The molecule has 3 saturated carbocycles. The van der Waals surface area contributed by atoms with Gasteiger partial charge in [0.2, 0.25) is 0 Å². The van der Waals surface area contributed by atoms with Gasteiger partial charge in [0.25, 0.3) is 0 Å². The van der Waals surface area contributed by atoms with Crippen LogP contribution in [0.2, 0.25) is 0 Å². The number of hydrogen-bond acceptors (Lipinski definition) is 39. The van der Waals surface area contributed by atoms with Crippen LogP contribution in [0.25, 0.3) is 0 Å². The Morgan fingerprint density at radius 1 is 0.211 bits per heavy atom. The van der Waals surface area contributed by atoms with Crippen molar-refractivity contribution in [1.82, 2.24) is 0 Å². The van der Waals surface area contributed by atoms with Gasteiger partial charge in [-0.15, -0.1) is 0 Å². The molecule has 3 aliphatic carbocycles. The summed E-state index contributed by atoms with van der Waals surface area (Å²) in [6.07, 6.45) is -31.5. The van der Waals surface area contributed by atoms with Crippen molar-refractivity contribution >= 4 is 117 Å². The lowest BCUT2D eigenvalue weighted by Gasteiger charge is -2.47. The first-order valence-corrected chi connectivity index (χ1v) is 30.2. The summed E-state index contributed by atoms with van der Waals surface area (Å²) in [7, 11) is -10.5. The molecule has 0 spiro atoms.